The Morgan fingerprint density at radius 3 is 2.42 bits per heavy atom. The van der Waals surface area contributed by atoms with Crippen molar-refractivity contribution in [2.24, 2.45) is 34.5 Å². The number of halogens is 2. The van der Waals surface area contributed by atoms with Crippen LogP contribution in [0.3, 0.4) is 0 Å². The third-order valence-electron chi connectivity index (χ3n) is 9.51. The van der Waals surface area contributed by atoms with Gasteiger partial charge in [0.25, 0.3) is 5.91 Å². The van der Waals surface area contributed by atoms with Crippen LogP contribution in [0.15, 0.2) is 23.8 Å². The van der Waals surface area contributed by atoms with E-state index < -0.39 is 52.3 Å². The minimum atomic E-state index is -2.16. The molecule has 0 aromatic rings. The highest BCUT2D eigenvalue weighted by Crippen LogP contribution is 2.70. The molecule has 0 unspecified atom stereocenters. The van der Waals surface area contributed by atoms with E-state index in [9.17, 15) is 19.5 Å². The zero-order chi connectivity index (χ0) is 24.5. The number of allylic oxidation sites excluding steroid dienone is 4. The Bertz CT molecular complexity index is 943. The molecule has 0 bridgehead atoms. The van der Waals surface area contributed by atoms with Crippen LogP contribution in [0.25, 0.3) is 0 Å². The smallest absolute Gasteiger partial charge is 0.290 e. The van der Waals surface area contributed by atoms with Crippen molar-refractivity contribution in [2.45, 2.75) is 71.8 Å². The molecule has 1 amide bonds. The number of alkyl halides is 2. The molecule has 7 heteroatoms. The normalized spacial score (nSPS) is 46.2. The van der Waals surface area contributed by atoms with Gasteiger partial charge in [-0.25, -0.2) is 8.78 Å². The number of nitrogens with zero attached hydrogens (tertiary/aromatic N) is 1. The molecule has 33 heavy (non-hydrogen) atoms. The largest absolute Gasteiger partial charge is 0.390 e. The Hall–Kier alpha value is -1.89. The number of aliphatic hydroxyl groups is 1. The second-order valence-electron chi connectivity index (χ2n) is 11.0. The number of Topliss-reactive ketones (excluding diaryl/α,β-unsaturated/α-hetero) is 1. The topological polar surface area (TPSA) is 74.7 Å². The van der Waals surface area contributed by atoms with E-state index in [4.69, 9.17) is 0 Å². The van der Waals surface area contributed by atoms with Gasteiger partial charge in [-0.3, -0.25) is 14.4 Å². The third kappa shape index (κ3) is 3.06. The molecule has 0 heterocycles. The Balaban J connectivity index is 1.76. The lowest BCUT2D eigenvalue weighted by Gasteiger charge is -2.62. The van der Waals surface area contributed by atoms with Crippen molar-refractivity contribution in [3.05, 3.63) is 23.8 Å². The molecule has 1 N–H and O–H groups in total. The van der Waals surface area contributed by atoms with Crippen molar-refractivity contribution < 1.29 is 28.3 Å². The van der Waals surface area contributed by atoms with Crippen molar-refractivity contribution in [2.75, 3.05) is 13.1 Å². The molecule has 3 fully saturated rings. The summed E-state index contributed by atoms with van der Waals surface area (Å²) >= 11 is 0. The molecule has 0 aromatic heterocycles. The van der Waals surface area contributed by atoms with Crippen LogP contribution in [-0.4, -0.2) is 58.5 Å². The molecule has 4 aliphatic carbocycles. The molecule has 4 rings (SSSR count). The quantitative estimate of drug-likeness (QED) is 0.647. The van der Waals surface area contributed by atoms with Gasteiger partial charge >= 0.3 is 0 Å². The van der Waals surface area contributed by atoms with Crippen LogP contribution in [0.2, 0.25) is 0 Å². The number of ketones is 2. The Morgan fingerprint density at radius 1 is 1.18 bits per heavy atom. The Morgan fingerprint density at radius 2 is 1.82 bits per heavy atom. The maximum absolute atomic E-state index is 17.1. The molecule has 4 aliphatic rings. The molecule has 182 valence electrons. The van der Waals surface area contributed by atoms with Crippen LogP contribution in [0.1, 0.15) is 53.9 Å². The number of likely N-dealkylation sites (N-methyl/N-ethyl adjacent to an activating group) is 1. The monoisotopic (exact) mass is 463 g/mol. The number of amides is 1. The first kappa shape index (κ1) is 24.2. The van der Waals surface area contributed by atoms with Crippen LogP contribution >= 0.6 is 0 Å². The van der Waals surface area contributed by atoms with Crippen LogP contribution < -0.4 is 0 Å². The summed E-state index contributed by atoms with van der Waals surface area (Å²) in [5.74, 6) is -3.43. The number of carbonyl (C=O) groups is 3. The Kier molecular flexibility index (Phi) is 5.75. The summed E-state index contributed by atoms with van der Waals surface area (Å²) in [4.78, 5) is 39.8. The molecular weight excluding hydrogens is 428 g/mol. The fourth-order valence-corrected chi connectivity index (χ4v) is 7.93. The summed E-state index contributed by atoms with van der Waals surface area (Å²) in [6, 6.07) is 0. The molecule has 9 atom stereocenters. The summed E-state index contributed by atoms with van der Waals surface area (Å²) in [6.07, 6.45) is 1.25. The average molecular weight is 464 g/mol. The lowest BCUT2D eigenvalue weighted by Crippen LogP contribution is -2.68. The van der Waals surface area contributed by atoms with Gasteiger partial charge in [-0.15, -0.1) is 0 Å². The number of hydrogen-bond donors (Lipinski definition) is 1. The third-order valence-corrected chi connectivity index (χ3v) is 9.51. The number of carbonyl (C=O) groups excluding carboxylic acids is 3. The number of rotatable bonds is 4. The van der Waals surface area contributed by atoms with E-state index >= 15 is 8.78 Å². The second kappa shape index (κ2) is 7.82. The van der Waals surface area contributed by atoms with E-state index in [1.165, 1.54) is 23.1 Å². The van der Waals surface area contributed by atoms with Gasteiger partial charge in [-0.05, 0) is 75.0 Å². The highest BCUT2D eigenvalue weighted by atomic mass is 19.1. The lowest BCUT2D eigenvalue weighted by atomic mass is 9.45. The molecule has 0 aromatic carbocycles. The summed E-state index contributed by atoms with van der Waals surface area (Å²) in [6.45, 7) is 9.80. The van der Waals surface area contributed by atoms with E-state index in [0.717, 1.165) is 0 Å². The van der Waals surface area contributed by atoms with Crippen molar-refractivity contribution in [3.8, 4) is 0 Å². The van der Waals surface area contributed by atoms with E-state index in [1.54, 1.807) is 6.92 Å². The van der Waals surface area contributed by atoms with Gasteiger partial charge < -0.3 is 10.0 Å². The molecule has 3 saturated carbocycles. The minimum Gasteiger partial charge on any atom is -0.390 e. The van der Waals surface area contributed by atoms with Crippen molar-refractivity contribution in [1.82, 2.24) is 4.90 Å². The first-order valence-corrected chi connectivity index (χ1v) is 12.2. The summed E-state index contributed by atoms with van der Waals surface area (Å²) in [5.41, 5.74) is -4.33. The molecule has 0 radical (unpaired) electrons. The highest BCUT2D eigenvalue weighted by Gasteiger charge is 2.73. The summed E-state index contributed by atoms with van der Waals surface area (Å²) < 4.78 is 32.5. The minimum absolute atomic E-state index is 0.0125. The van der Waals surface area contributed by atoms with Crippen LogP contribution in [-0.2, 0) is 14.4 Å². The maximum atomic E-state index is 17.1. The molecule has 0 spiro atoms. The van der Waals surface area contributed by atoms with E-state index in [2.05, 4.69) is 0 Å². The predicted octanol–water partition coefficient (Wildman–Crippen LogP) is 3.60. The van der Waals surface area contributed by atoms with Crippen molar-refractivity contribution >= 4 is 17.5 Å². The zero-order valence-corrected chi connectivity index (χ0v) is 20.1. The standard InChI is InChI=1S/C26H35F2NO4/c1-6-29(7-2)23(33)22(32)21-14(3)10-16-17-12-19(27)18-11-15(30)8-9-25(18,5)26(17,28)20(31)13-24(16,21)4/h8-9,11,14,16-17,19-21,31H,6-7,10,12-13H2,1-5H3/t14-,16+,17+,19+,20+,21-,24+,25+,26+/m1/s1. The van der Waals surface area contributed by atoms with Crippen molar-refractivity contribution in [3.63, 3.8) is 0 Å². The second-order valence-corrected chi connectivity index (χ2v) is 11.0. The van der Waals surface area contributed by atoms with Gasteiger partial charge in [0.2, 0.25) is 5.78 Å². The molecular formula is C26H35F2NO4. The maximum Gasteiger partial charge on any atom is 0.290 e. The van der Waals surface area contributed by atoms with Gasteiger partial charge in [0.05, 0.1) is 6.10 Å². The summed E-state index contributed by atoms with van der Waals surface area (Å²) in [5, 5.41) is 11.3. The van der Waals surface area contributed by atoms with E-state index in [-0.39, 0.29) is 36.0 Å². The predicted molar refractivity (Wildman–Crippen MR) is 120 cm³/mol. The van der Waals surface area contributed by atoms with E-state index in [1.807, 2.05) is 27.7 Å². The van der Waals surface area contributed by atoms with Crippen LogP contribution in [0.5, 0.6) is 0 Å². The first-order chi connectivity index (χ1) is 15.4. The Labute approximate surface area is 194 Å². The molecule has 5 nitrogen and oxygen atoms in total. The van der Waals surface area contributed by atoms with Crippen LogP contribution in [0.4, 0.5) is 8.78 Å². The fourth-order valence-electron chi connectivity index (χ4n) is 7.93. The van der Waals surface area contributed by atoms with Crippen molar-refractivity contribution in [1.29, 1.82) is 0 Å². The fraction of sp³-hybridized carbons (Fsp3) is 0.731. The van der Waals surface area contributed by atoms with Crippen LogP contribution in [0, 0.1) is 34.5 Å². The molecule has 0 saturated heterocycles. The highest BCUT2D eigenvalue weighted by molar-refractivity contribution is 6.37. The number of hydrogen-bond acceptors (Lipinski definition) is 4. The van der Waals surface area contributed by atoms with Gasteiger partial charge in [0.1, 0.15) is 6.17 Å². The zero-order valence-electron chi connectivity index (χ0n) is 20.1. The SMILES string of the molecule is CCN(CC)C(=O)C(=O)[C@H]1[C@H](C)C[C@H]2[C@@H]3C[C@H](F)C4=CC(=O)C=C[C@]4(C)[C@@]3(F)[C@@H](O)C[C@@]21C. The first-order valence-electron chi connectivity index (χ1n) is 12.2. The van der Waals surface area contributed by atoms with E-state index in [0.29, 0.717) is 19.5 Å². The number of fused-ring (bicyclic) bond motifs is 5. The van der Waals surface area contributed by atoms with Gasteiger partial charge in [0.15, 0.2) is 11.5 Å². The molecule has 0 aliphatic heterocycles. The number of aliphatic hydroxyl groups excluding tert-OH is 1. The summed E-state index contributed by atoms with van der Waals surface area (Å²) in [7, 11) is 0. The van der Waals surface area contributed by atoms with Gasteiger partial charge in [-0.2, -0.15) is 0 Å². The van der Waals surface area contributed by atoms with Gasteiger partial charge in [0, 0.05) is 30.3 Å². The lowest BCUT2D eigenvalue weighted by molar-refractivity contribution is -0.202. The van der Waals surface area contributed by atoms with Gasteiger partial charge in [-0.1, -0.05) is 19.9 Å². The average Bonchev–Trinajstić information content (AvgIpc) is 3.01.